The van der Waals surface area contributed by atoms with E-state index in [-0.39, 0.29) is 5.54 Å². The lowest BCUT2D eigenvalue weighted by molar-refractivity contribution is 0.370. The Morgan fingerprint density at radius 3 is 3.00 bits per heavy atom. The quantitative estimate of drug-likeness (QED) is 0.643. The van der Waals surface area contributed by atoms with Crippen molar-refractivity contribution in [3.05, 3.63) is 28.5 Å². The Labute approximate surface area is 83.3 Å². The normalized spacial score (nSPS) is 19.6. The molecule has 2 heterocycles. The first-order valence-corrected chi connectivity index (χ1v) is 4.88. The summed E-state index contributed by atoms with van der Waals surface area (Å²) in [7, 11) is 0. The summed E-state index contributed by atoms with van der Waals surface area (Å²) in [6, 6.07) is 3.94. The van der Waals surface area contributed by atoms with Gasteiger partial charge in [-0.3, -0.25) is 0 Å². The first-order valence-electron chi connectivity index (χ1n) is 4.50. The predicted octanol–water partition coefficient (Wildman–Crippen LogP) is 2.12. The van der Waals surface area contributed by atoms with Crippen LogP contribution in [0, 0.1) is 0 Å². The van der Waals surface area contributed by atoms with Gasteiger partial charge in [0.25, 0.3) is 0 Å². The van der Waals surface area contributed by atoms with Crippen LogP contribution in [0.4, 0.5) is 0 Å². The van der Waals surface area contributed by atoms with Gasteiger partial charge in [-0.25, -0.2) is 4.98 Å². The highest BCUT2D eigenvalue weighted by molar-refractivity contribution is 6.29. The zero-order valence-corrected chi connectivity index (χ0v) is 8.65. The lowest BCUT2D eigenvalue weighted by Crippen LogP contribution is -2.43. The van der Waals surface area contributed by atoms with Gasteiger partial charge < -0.3 is 5.32 Å². The van der Waals surface area contributed by atoms with Crippen LogP contribution in [0.3, 0.4) is 0 Å². The largest absolute Gasteiger partial charge is 0.306 e. The number of aromatic nitrogens is 1. The molecule has 1 aliphatic rings. The van der Waals surface area contributed by atoms with Gasteiger partial charge in [0.2, 0.25) is 0 Å². The molecule has 1 aromatic heterocycles. The van der Waals surface area contributed by atoms with Crippen molar-refractivity contribution in [2.24, 2.45) is 0 Å². The van der Waals surface area contributed by atoms with Gasteiger partial charge in [0.1, 0.15) is 5.15 Å². The molecule has 3 heteroatoms. The molecule has 0 saturated heterocycles. The molecule has 2 rings (SSSR count). The Bertz CT molecular complexity index is 334. The van der Waals surface area contributed by atoms with Gasteiger partial charge in [0, 0.05) is 6.54 Å². The van der Waals surface area contributed by atoms with Gasteiger partial charge in [0.15, 0.2) is 0 Å². The monoisotopic (exact) mass is 196 g/mol. The van der Waals surface area contributed by atoms with Crippen LogP contribution in [0.25, 0.3) is 0 Å². The second kappa shape index (κ2) is 2.96. The molecule has 0 amide bonds. The maximum Gasteiger partial charge on any atom is 0.129 e. The van der Waals surface area contributed by atoms with Crippen molar-refractivity contribution in [1.29, 1.82) is 0 Å². The van der Waals surface area contributed by atoms with E-state index in [1.54, 1.807) is 0 Å². The van der Waals surface area contributed by atoms with Crippen LogP contribution in [-0.2, 0) is 12.0 Å². The summed E-state index contributed by atoms with van der Waals surface area (Å²) in [4.78, 5) is 4.37. The molecule has 70 valence electrons. The predicted molar refractivity (Wildman–Crippen MR) is 54.0 cm³/mol. The van der Waals surface area contributed by atoms with Crippen molar-refractivity contribution < 1.29 is 0 Å². The fourth-order valence-corrected chi connectivity index (χ4v) is 1.95. The first kappa shape index (κ1) is 8.97. The minimum Gasteiger partial charge on any atom is -0.306 e. The van der Waals surface area contributed by atoms with E-state index < -0.39 is 0 Å². The van der Waals surface area contributed by atoms with Crippen LogP contribution in [0.1, 0.15) is 25.1 Å². The Balaban J connectivity index is 2.55. The summed E-state index contributed by atoms with van der Waals surface area (Å²) in [5.41, 5.74) is 2.36. The second-order valence-electron chi connectivity index (χ2n) is 3.94. The van der Waals surface area contributed by atoms with Gasteiger partial charge in [-0.15, -0.1) is 0 Å². The third kappa shape index (κ3) is 1.56. The molecule has 0 aromatic carbocycles. The maximum absolute atomic E-state index is 5.87. The minimum absolute atomic E-state index is 0.0432. The molecular formula is C10H13ClN2. The topological polar surface area (TPSA) is 24.9 Å². The number of hydrogen-bond acceptors (Lipinski definition) is 2. The Hall–Kier alpha value is -0.600. The van der Waals surface area contributed by atoms with Crippen LogP contribution in [-0.4, -0.2) is 11.5 Å². The van der Waals surface area contributed by atoms with Crippen molar-refractivity contribution in [2.45, 2.75) is 25.8 Å². The van der Waals surface area contributed by atoms with Crippen LogP contribution in [0.5, 0.6) is 0 Å². The molecule has 1 N–H and O–H groups in total. The zero-order chi connectivity index (χ0) is 9.47. The molecule has 0 fully saturated rings. The van der Waals surface area contributed by atoms with Crippen LogP contribution in [0.2, 0.25) is 5.15 Å². The molecule has 0 radical (unpaired) electrons. The molecule has 2 nitrogen and oxygen atoms in total. The average Bonchev–Trinajstić information content (AvgIpc) is 2.06. The molecule has 1 aliphatic heterocycles. The van der Waals surface area contributed by atoms with E-state index in [2.05, 4.69) is 30.2 Å². The first-order chi connectivity index (χ1) is 6.09. The van der Waals surface area contributed by atoms with E-state index in [4.69, 9.17) is 11.6 Å². The summed E-state index contributed by atoms with van der Waals surface area (Å²) in [6.45, 7) is 5.28. The molecule has 0 spiro atoms. The van der Waals surface area contributed by atoms with Crippen LogP contribution in [0.15, 0.2) is 12.1 Å². The standard InChI is InChI=1S/C10H13ClN2/c1-10(2)9-7(5-6-12-10)3-4-8(11)13-9/h3-4,12H,5-6H2,1-2H3. The smallest absolute Gasteiger partial charge is 0.129 e. The van der Waals surface area contributed by atoms with Gasteiger partial charge in [-0.05, 0) is 31.9 Å². The summed E-state index contributed by atoms with van der Waals surface area (Å²) in [5, 5.41) is 4.00. The summed E-state index contributed by atoms with van der Waals surface area (Å²) >= 11 is 5.87. The molecular weight excluding hydrogens is 184 g/mol. The summed E-state index contributed by atoms with van der Waals surface area (Å²) in [6.07, 6.45) is 1.04. The SMILES string of the molecule is CC1(C)NCCc2ccc(Cl)nc21. The van der Waals surface area contributed by atoms with Crippen molar-refractivity contribution in [1.82, 2.24) is 10.3 Å². The molecule has 0 saturated carbocycles. The molecule has 1 aromatic rings. The third-order valence-electron chi connectivity index (χ3n) is 2.50. The van der Waals surface area contributed by atoms with Gasteiger partial charge in [0.05, 0.1) is 11.2 Å². The van der Waals surface area contributed by atoms with E-state index in [0.717, 1.165) is 18.7 Å². The number of halogens is 1. The highest BCUT2D eigenvalue weighted by Gasteiger charge is 2.28. The highest BCUT2D eigenvalue weighted by Crippen LogP contribution is 2.27. The van der Waals surface area contributed by atoms with Gasteiger partial charge in [-0.2, -0.15) is 0 Å². The lowest BCUT2D eigenvalue weighted by Gasteiger charge is -2.32. The van der Waals surface area contributed by atoms with Gasteiger partial charge in [-0.1, -0.05) is 17.7 Å². The summed E-state index contributed by atoms with van der Waals surface area (Å²) < 4.78 is 0. The number of fused-ring (bicyclic) bond motifs is 1. The number of nitrogens with one attached hydrogen (secondary N) is 1. The van der Waals surface area contributed by atoms with Crippen LogP contribution < -0.4 is 5.32 Å². The van der Waals surface area contributed by atoms with Crippen molar-refractivity contribution in [2.75, 3.05) is 6.54 Å². The summed E-state index contributed by atoms with van der Waals surface area (Å²) in [5.74, 6) is 0. The number of rotatable bonds is 0. The fraction of sp³-hybridized carbons (Fsp3) is 0.500. The van der Waals surface area contributed by atoms with E-state index in [0.29, 0.717) is 5.15 Å². The fourth-order valence-electron chi connectivity index (χ4n) is 1.80. The van der Waals surface area contributed by atoms with E-state index in [1.807, 2.05) is 6.07 Å². The number of nitrogens with zero attached hydrogens (tertiary/aromatic N) is 1. The highest BCUT2D eigenvalue weighted by atomic mass is 35.5. The second-order valence-corrected chi connectivity index (χ2v) is 4.33. The van der Waals surface area contributed by atoms with Gasteiger partial charge >= 0.3 is 0 Å². The van der Waals surface area contributed by atoms with E-state index >= 15 is 0 Å². The molecule has 0 bridgehead atoms. The van der Waals surface area contributed by atoms with Crippen LogP contribution >= 0.6 is 11.6 Å². The third-order valence-corrected chi connectivity index (χ3v) is 2.71. The molecule has 0 unspecified atom stereocenters. The van der Waals surface area contributed by atoms with Crippen molar-refractivity contribution in [3.8, 4) is 0 Å². The molecule has 0 atom stereocenters. The van der Waals surface area contributed by atoms with Crippen molar-refractivity contribution in [3.63, 3.8) is 0 Å². The van der Waals surface area contributed by atoms with E-state index in [1.165, 1.54) is 5.56 Å². The Morgan fingerprint density at radius 2 is 2.23 bits per heavy atom. The number of pyridine rings is 1. The Kier molecular flexibility index (Phi) is 2.05. The van der Waals surface area contributed by atoms with Crippen molar-refractivity contribution >= 4 is 11.6 Å². The average molecular weight is 197 g/mol. The maximum atomic E-state index is 5.87. The zero-order valence-electron chi connectivity index (χ0n) is 7.89. The molecule has 0 aliphatic carbocycles. The minimum atomic E-state index is -0.0432. The lowest BCUT2D eigenvalue weighted by atomic mass is 9.90. The number of hydrogen-bond donors (Lipinski definition) is 1. The Morgan fingerprint density at radius 1 is 1.46 bits per heavy atom. The van der Waals surface area contributed by atoms with E-state index in [9.17, 15) is 0 Å². The molecule has 13 heavy (non-hydrogen) atoms.